The second kappa shape index (κ2) is 11.8. The van der Waals surface area contributed by atoms with E-state index in [9.17, 15) is 28.0 Å². The van der Waals surface area contributed by atoms with Crippen LogP contribution in [0.5, 0.6) is 0 Å². The molecule has 1 saturated carbocycles. The Hall–Kier alpha value is -4.84. The fraction of sp³-hybridized carbons (Fsp3) is 0.333. The molecule has 3 aromatic heterocycles. The van der Waals surface area contributed by atoms with Gasteiger partial charge in [-0.05, 0) is 73.7 Å². The molecule has 12 nitrogen and oxygen atoms in total. The number of alkyl halides is 3. The van der Waals surface area contributed by atoms with Crippen LogP contribution in [0.3, 0.4) is 0 Å². The summed E-state index contributed by atoms with van der Waals surface area (Å²) in [6, 6.07) is 9.28. The summed E-state index contributed by atoms with van der Waals surface area (Å²) in [5, 5.41) is 29.5. The number of pyridine rings is 1. The summed E-state index contributed by atoms with van der Waals surface area (Å²) in [6.45, 7) is 3.21. The average molecular weight is 613 g/mol. The van der Waals surface area contributed by atoms with Gasteiger partial charge in [0.2, 0.25) is 0 Å². The number of benzene rings is 1. The molecule has 0 saturated heterocycles. The smallest absolute Gasteiger partial charge is 0.349 e. The number of hydrogen-bond acceptors (Lipinski definition) is 8. The first-order valence-electron chi connectivity index (χ1n) is 13.2. The highest BCUT2D eigenvalue weighted by Crippen LogP contribution is 2.31. The Bertz CT molecular complexity index is 1740. The number of hydrogen-bond donors (Lipinski definition) is 2. The molecule has 1 fully saturated rings. The second-order valence-corrected chi connectivity index (χ2v) is 10.5. The number of aryl methyl sites for hydroxylation is 1. The van der Waals surface area contributed by atoms with Gasteiger partial charge in [-0.1, -0.05) is 18.0 Å². The van der Waals surface area contributed by atoms with Crippen LogP contribution >= 0.6 is 11.6 Å². The zero-order valence-electron chi connectivity index (χ0n) is 22.9. The van der Waals surface area contributed by atoms with Gasteiger partial charge in [-0.15, -0.1) is 10.2 Å². The van der Waals surface area contributed by atoms with Crippen LogP contribution in [0.25, 0.3) is 5.82 Å². The van der Waals surface area contributed by atoms with Crippen molar-refractivity contribution in [2.24, 2.45) is 5.92 Å². The highest BCUT2D eigenvalue weighted by molar-refractivity contribution is 6.32. The van der Waals surface area contributed by atoms with E-state index in [2.05, 4.69) is 36.1 Å². The molecular formula is C27H24ClF3N10O2. The number of halogens is 4. The van der Waals surface area contributed by atoms with Crippen LogP contribution in [0.2, 0.25) is 5.02 Å². The van der Waals surface area contributed by atoms with Gasteiger partial charge in [0.1, 0.15) is 12.2 Å². The largest absolute Gasteiger partial charge is 0.455 e. The molecule has 0 radical (unpaired) electrons. The van der Waals surface area contributed by atoms with Crippen molar-refractivity contribution in [1.29, 1.82) is 5.26 Å². The molecule has 1 aliphatic rings. The maximum atomic E-state index is 13.7. The molecule has 1 aliphatic carbocycles. The number of amides is 2. The quantitative estimate of drug-likeness (QED) is 0.298. The summed E-state index contributed by atoms with van der Waals surface area (Å²) in [5.41, 5.74) is 0.985. The van der Waals surface area contributed by atoms with Gasteiger partial charge in [0.25, 0.3) is 17.6 Å². The molecule has 0 bridgehead atoms. The van der Waals surface area contributed by atoms with Gasteiger partial charge in [-0.25, -0.2) is 9.67 Å². The first-order valence-corrected chi connectivity index (χ1v) is 13.5. The molecule has 2 amide bonds. The molecule has 0 spiro atoms. The first-order chi connectivity index (χ1) is 20.4. The Morgan fingerprint density at radius 3 is 2.60 bits per heavy atom. The number of carbonyl (C=O) groups is 2. The van der Waals surface area contributed by atoms with Crippen molar-refractivity contribution < 1.29 is 22.8 Å². The van der Waals surface area contributed by atoms with Gasteiger partial charge in [-0.3, -0.25) is 9.59 Å². The van der Waals surface area contributed by atoms with Crippen LogP contribution in [-0.2, 0) is 12.7 Å². The lowest BCUT2D eigenvalue weighted by Crippen LogP contribution is -2.41. The number of rotatable bonds is 8. The average Bonchev–Trinajstić information content (AvgIpc) is 3.56. The minimum Gasteiger partial charge on any atom is -0.349 e. The van der Waals surface area contributed by atoms with E-state index in [0.29, 0.717) is 16.3 Å². The molecular weight excluding hydrogens is 589 g/mol. The lowest BCUT2D eigenvalue weighted by atomic mass is 9.80. The first kappa shape index (κ1) is 29.6. The van der Waals surface area contributed by atoms with E-state index in [0.717, 1.165) is 23.9 Å². The van der Waals surface area contributed by atoms with Crippen LogP contribution in [0, 0.1) is 24.2 Å². The van der Waals surface area contributed by atoms with Crippen LogP contribution < -0.4 is 10.6 Å². The highest BCUT2D eigenvalue weighted by Gasteiger charge is 2.37. The third kappa shape index (κ3) is 6.33. The van der Waals surface area contributed by atoms with Gasteiger partial charge >= 0.3 is 6.18 Å². The summed E-state index contributed by atoms with van der Waals surface area (Å²) in [6.07, 6.45) is -0.252. The van der Waals surface area contributed by atoms with Crippen molar-refractivity contribution in [1.82, 2.24) is 40.3 Å². The number of carbonyl (C=O) groups excluding carboxylic acids is 2. The van der Waals surface area contributed by atoms with E-state index >= 15 is 0 Å². The summed E-state index contributed by atoms with van der Waals surface area (Å²) >= 11 is 6.33. The molecule has 222 valence electrons. The second-order valence-electron chi connectivity index (χ2n) is 10.1. The Morgan fingerprint density at radius 2 is 1.98 bits per heavy atom. The van der Waals surface area contributed by atoms with E-state index in [4.69, 9.17) is 11.6 Å². The normalized spacial score (nSPS) is 14.1. The fourth-order valence-electron chi connectivity index (χ4n) is 4.65. The Kier molecular flexibility index (Phi) is 8.14. The minimum absolute atomic E-state index is 0.0759. The summed E-state index contributed by atoms with van der Waals surface area (Å²) in [4.78, 5) is 32.0. The van der Waals surface area contributed by atoms with Crippen molar-refractivity contribution in [2.45, 2.75) is 51.9 Å². The summed E-state index contributed by atoms with van der Waals surface area (Å²) in [7, 11) is 0. The molecule has 1 aromatic carbocycles. The molecule has 0 aliphatic heterocycles. The highest BCUT2D eigenvalue weighted by atomic mass is 35.5. The number of nitrogens with zero attached hydrogens (tertiary/aromatic N) is 8. The molecule has 43 heavy (non-hydrogen) atoms. The molecule has 2 N–H and O–H groups in total. The Labute approximate surface area is 247 Å². The van der Waals surface area contributed by atoms with Crippen LogP contribution in [0.15, 0.2) is 36.5 Å². The van der Waals surface area contributed by atoms with E-state index in [-0.39, 0.29) is 51.6 Å². The van der Waals surface area contributed by atoms with Gasteiger partial charge in [0.05, 0.1) is 33.6 Å². The number of nitriles is 1. The van der Waals surface area contributed by atoms with Crippen molar-refractivity contribution in [2.75, 3.05) is 5.32 Å². The third-order valence-electron chi connectivity index (χ3n) is 7.11. The zero-order chi connectivity index (χ0) is 30.9. The van der Waals surface area contributed by atoms with E-state index in [1.54, 1.807) is 13.0 Å². The maximum absolute atomic E-state index is 13.7. The molecule has 5 rings (SSSR count). The van der Waals surface area contributed by atoms with Crippen molar-refractivity contribution >= 4 is 29.1 Å². The number of aromatic nitrogens is 7. The molecule has 4 aromatic rings. The van der Waals surface area contributed by atoms with Crippen LogP contribution in [-0.4, -0.2) is 52.8 Å². The zero-order valence-corrected chi connectivity index (χ0v) is 23.6. The Balaban J connectivity index is 1.50. The molecule has 3 heterocycles. The predicted octanol–water partition coefficient (Wildman–Crippen LogP) is 4.33. The number of nitrogens with one attached hydrogen (secondary N) is 2. The fourth-order valence-corrected chi connectivity index (χ4v) is 4.85. The summed E-state index contributed by atoms with van der Waals surface area (Å²) < 4.78 is 40.0. The van der Waals surface area contributed by atoms with E-state index < -0.39 is 23.8 Å². The van der Waals surface area contributed by atoms with Gasteiger partial charge in [0.15, 0.2) is 5.82 Å². The van der Waals surface area contributed by atoms with Gasteiger partial charge < -0.3 is 10.6 Å². The van der Waals surface area contributed by atoms with Crippen molar-refractivity contribution in [3.05, 3.63) is 75.5 Å². The topological polar surface area (TPSA) is 156 Å². The van der Waals surface area contributed by atoms with Crippen molar-refractivity contribution in [3.8, 4) is 11.9 Å². The lowest BCUT2D eigenvalue weighted by molar-refractivity contribution is -0.145. The SMILES string of the molecule is Cc1cc(C#N)cc(C(=O)NC(C)C2CCC2)c1NC(=O)c1cc(Cn2nnc(C(F)(F)F)n2)nn1-c1ncccc1Cl. The lowest BCUT2D eigenvalue weighted by Gasteiger charge is -2.32. The van der Waals surface area contributed by atoms with Crippen LogP contribution in [0.4, 0.5) is 18.9 Å². The van der Waals surface area contributed by atoms with Crippen molar-refractivity contribution in [3.63, 3.8) is 0 Å². The van der Waals surface area contributed by atoms with E-state index in [1.165, 1.54) is 30.5 Å². The Morgan fingerprint density at radius 1 is 1.21 bits per heavy atom. The number of anilines is 1. The van der Waals surface area contributed by atoms with Crippen LogP contribution in [0.1, 0.15) is 69.7 Å². The molecule has 1 unspecified atom stereocenters. The summed E-state index contributed by atoms with van der Waals surface area (Å²) in [5.74, 6) is -2.17. The van der Waals surface area contributed by atoms with E-state index in [1.807, 2.05) is 13.0 Å². The maximum Gasteiger partial charge on any atom is 0.455 e. The number of tetrazole rings is 1. The standard InChI is InChI=1S/C27H24ClF3N10O2/c1-14-9-16(12-32)10-19(24(42)34-15(2)17-5-3-6-17)22(14)35-25(43)21-11-18(13-40-38-26(36-39-40)27(29,30)31)37-41(21)23-20(28)7-4-8-33-23/h4,7-11,15,17H,3,5-6,13H2,1-2H3,(H,34,42)(H,35,43). The van der Waals surface area contributed by atoms with Gasteiger partial charge in [0, 0.05) is 12.2 Å². The third-order valence-corrected chi connectivity index (χ3v) is 7.40. The molecule has 16 heteroatoms. The van der Waals surface area contributed by atoms with Gasteiger partial charge in [-0.2, -0.15) is 28.3 Å². The molecule has 1 atom stereocenters. The monoisotopic (exact) mass is 612 g/mol. The minimum atomic E-state index is -4.79. The predicted molar refractivity (Wildman–Crippen MR) is 146 cm³/mol.